The van der Waals surface area contributed by atoms with Gasteiger partial charge in [-0.15, -0.1) is 0 Å². The Bertz CT molecular complexity index is 497. The Kier molecular flexibility index (Phi) is 3.28. The number of aryl methyl sites for hydroxylation is 3. The Hall–Kier alpha value is -1.62. The van der Waals surface area contributed by atoms with E-state index in [0.29, 0.717) is 0 Å². The van der Waals surface area contributed by atoms with Crippen molar-refractivity contribution in [2.24, 2.45) is 12.8 Å². The molecule has 0 aliphatic carbocycles. The van der Waals surface area contributed by atoms with E-state index in [2.05, 4.69) is 24.0 Å². The summed E-state index contributed by atoms with van der Waals surface area (Å²) in [6, 6.07) is -0.140. The summed E-state index contributed by atoms with van der Waals surface area (Å²) >= 11 is 0. The fraction of sp³-hybridized carbons (Fsp3) is 0.500. The minimum absolute atomic E-state index is 0.140. The van der Waals surface area contributed by atoms with Crippen LogP contribution >= 0.6 is 0 Å². The Morgan fingerprint density at radius 1 is 1.35 bits per heavy atom. The lowest BCUT2D eigenvalue weighted by molar-refractivity contribution is 0.658. The van der Waals surface area contributed by atoms with Gasteiger partial charge in [-0.2, -0.15) is 10.2 Å². The van der Waals surface area contributed by atoms with Gasteiger partial charge in [-0.05, 0) is 13.3 Å². The second-order valence-corrected chi connectivity index (χ2v) is 4.17. The highest BCUT2D eigenvalue weighted by Crippen LogP contribution is 2.22. The van der Waals surface area contributed by atoms with Crippen molar-refractivity contribution in [2.75, 3.05) is 0 Å². The average Bonchev–Trinajstić information content (AvgIpc) is 2.93. The van der Waals surface area contributed by atoms with Crippen molar-refractivity contribution < 1.29 is 0 Å². The molecule has 0 fully saturated rings. The third kappa shape index (κ3) is 2.24. The zero-order valence-electron chi connectivity index (χ0n) is 10.6. The molecule has 2 heterocycles. The van der Waals surface area contributed by atoms with Crippen molar-refractivity contribution in [1.29, 1.82) is 0 Å². The number of nitrogens with zero attached hydrogens (tertiary/aromatic N) is 4. The molecule has 17 heavy (non-hydrogen) atoms. The highest BCUT2D eigenvalue weighted by atomic mass is 15.3. The first kappa shape index (κ1) is 11.9. The number of nitrogens with two attached hydrogens (primary N) is 1. The van der Waals surface area contributed by atoms with Crippen molar-refractivity contribution in [1.82, 2.24) is 19.6 Å². The van der Waals surface area contributed by atoms with Crippen LogP contribution in [0.1, 0.15) is 36.7 Å². The average molecular weight is 233 g/mol. The molecule has 5 heteroatoms. The van der Waals surface area contributed by atoms with Gasteiger partial charge in [0.1, 0.15) is 0 Å². The monoisotopic (exact) mass is 233 g/mol. The van der Waals surface area contributed by atoms with Gasteiger partial charge in [-0.3, -0.25) is 9.36 Å². The number of rotatable bonds is 4. The molecule has 0 radical (unpaired) electrons. The topological polar surface area (TPSA) is 61.7 Å². The SMILES string of the molecule is CCc1nn(C)cc1C(N)c1cnn(CC)c1. The molecule has 0 spiro atoms. The molecule has 2 aromatic heterocycles. The van der Waals surface area contributed by atoms with Gasteiger partial charge in [0.15, 0.2) is 0 Å². The predicted octanol–water partition coefficient (Wildman–Crippen LogP) is 1.25. The summed E-state index contributed by atoms with van der Waals surface area (Å²) < 4.78 is 3.70. The fourth-order valence-electron chi connectivity index (χ4n) is 1.98. The van der Waals surface area contributed by atoms with Gasteiger partial charge in [0.25, 0.3) is 0 Å². The van der Waals surface area contributed by atoms with E-state index in [-0.39, 0.29) is 6.04 Å². The minimum atomic E-state index is -0.140. The molecule has 1 unspecified atom stereocenters. The second-order valence-electron chi connectivity index (χ2n) is 4.17. The molecule has 92 valence electrons. The van der Waals surface area contributed by atoms with E-state index in [1.54, 1.807) is 0 Å². The molecule has 1 atom stereocenters. The van der Waals surface area contributed by atoms with Crippen molar-refractivity contribution >= 4 is 0 Å². The van der Waals surface area contributed by atoms with Gasteiger partial charge in [-0.25, -0.2) is 0 Å². The maximum absolute atomic E-state index is 6.27. The second kappa shape index (κ2) is 4.71. The summed E-state index contributed by atoms with van der Waals surface area (Å²) in [5, 5.41) is 8.67. The van der Waals surface area contributed by atoms with Crippen molar-refractivity contribution in [3.8, 4) is 0 Å². The van der Waals surface area contributed by atoms with E-state index in [1.165, 1.54) is 0 Å². The smallest absolute Gasteiger partial charge is 0.0672 e. The standard InChI is InChI=1S/C12H19N5/c1-4-11-10(8-16(3)15-11)12(13)9-6-14-17(5-2)7-9/h6-8,12H,4-5,13H2,1-3H3. The van der Waals surface area contributed by atoms with E-state index < -0.39 is 0 Å². The normalized spacial score (nSPS) is 12.9. The van der Waals surface area contributed by atoms with Crippen LogP contribution in [0.5, 0.6) is 0 Å². The van der Waals surface area contributed by atoms with Crippen LogP contribution in [-0.2, 0) is 20.0 Å². The van der Waals surface area contributed by atoms with Crippen LogP contribution in [0.25, 0.3) is 0 Å². The summed E-state index contributed by atoms with van der Waals surface area (Å²) in [5.41, 5.74) is 9.45. The largest absolute Gasteiger partial charge is 0.320 e. The molecular weight excluding hydrogens is 214 g/mol. The summed E-state index contributed by atoms with van der Waals surface area (Å²) in [6.07, 6.45) is 6.72. The number of aromatic nitrogens is 4. The molecule has 2 N–H and O–H groups in total. The quantitative estimate of drug-likeness (QED) is 0.864. The first-order valence-electron chi connectivity index (χ1n) is 5.96. The maximum Gasteiger partial charge on any atom is 0.0672 e. The van der Waals surface area contributed by atoms with Crippen molar-refractivity contribution in [3.63, 3.8) is 0 Å². The van der Waals surface area contributed by atoms with Crippen molar-refractivity contribution in [2.45, 2.75) is 32.9 Å². The van der Waals surface area contributed by atoms with Gasteiger partial charge in [0.2, 0.25) is 0 Å². The van der Waals surface area contributed by atoms with E-state index >= 15 is 0 Å². The molecule has 0 saturated heterocycles. The lowest BCUT2D eigenvalue weighted by atomic mass is 10.0. The van der Waals surface area contributed by atoms with Crippen molar-refractivity contribution in [3.05, 3.63) is 35.4 Å². The molecule has 0 aromatic carbocycles. The van der Waals surface area contributed by atoms with Crippen LogP contribution in [0.2, 0.25) is 0 Å². The van der Waals surface area contributed by atoms with Crippen LogP contribution < -0.4 is 5.73 Å². The van der Waals surface area contributed by atoms with E-state index in [9.17, 15) is 0 Å². The molecule has 0 amide bonds. The third-order valence-corrected chi connectivity index (χ3v) is 2.94. The summed E-state index contributed by atoms with van der Waals surface area (Å²) in [4.78, 5) is 0. The Labute approximate surface area is 101 Å². The van der Waals surface area contributed by atoms with Gasteiger partial charge in [-0.1, -0.05) is 6.92 Å². The highest BCUT2D eigenvalue weighted by molar-refractivity contribution is 5.30. The summed E-state index contributed by atoms with van der Waals surface area (Å²) in [5.74, 6) is 0. The van der Waals surface area contributed by atoms with Gasteiger partial charge < -0.3 is 5.73 Å². The summed E-state index contributed by atoms with van der Waals surface area (Å²) in [7, 11) is 1.92. The van der Waals surface area contributed by atoms with Gasteiger partial charge >= 0.3 is 0 Å². The van der Waals surface area contributed by atoms with Gasteiger partial charge in [0.05, 0.1) is 17.9 Å². The first-order chi connectivity index (χ1) is 8.15. The molecule has 2 aromatic rings. The zero-order valence-corrected chi connectivity index (χ0v) is 10.6. The molecule has 0 aliphatic rings. The Balaban J connectivity index is 2.32. The third-order valence-electron chi connectivity index (χ3n) is 2.94. The Morgan fingerprint density at radius 3 is 2.71 bits per heavy atom. The Morgan fingerprint density at radius 2 is 2.12 bits per heavy atom. The van der Waals surface area contributed by atoms with E-state index in [1.807, 2.05) is 35.0 Å². The van der Waals surface area contributed by atoms with Crippen LogP contribution in [0.3, 0.4) is 0 Å². The highest BCUT2D eigenvalue weighted by Gasteiger charge is 2.17. The number of hydrogen-bond donors (Lipinski definition) is 1. The summed E-state index contributed by atoms with van der Waals surface area (Å²) in [6.45, 7) is 5.01. The van der Waals surface area contributed by atoms with Crippen LogP contribution in [0, 0.1) is 0 Å². The lowest BCUT2D eigenvalue weighted by Gasteiger charge is -2.08. The van der Waals surface area contributed by atoms with Crippen LogP contribution in [-0.4, -0.2) is 19.6 Å². The fourth-order valence-corrected chi connectivity index (χ4v) is 1.98. The van der Waals surface area contributed by atoms with Gasteiger partial charge in [0, 0.05) is 37.1 Å². The maximum atomic E-state index is 6.27. The van der Waals surface area contributed by atoms with E-state index in [4.69, 9.17) is 5.73 Å². The van der Waals surface area contributed by atoms with Crippen LogP contribution in [0.4, 0.5) is 0 Å². The molecular formula is C12H19N5. The molecule has 2 rings (SSSR count). The molecule has 0 saturated carbocycles. The lowest BCUT2D eigenvalue weighted by Crippen LogP contribution is -2.12. The minimum Gasteiger partial charge on any atom is -0.320 e. The molecule has 5 nitrogen and oxygen atoms in total. The van der Waals surface area contributed by atoms with Crippen LogP contribution in [0.15, 0.2) is 18.6 Å². The predicted molar refractivity (Wildman–Crippen MR) is 66.5 cm³/mol. The number of hydrogen-bond acceptors (Lipinski definition) is 3. The van der Waals surface area contributed by atoms with E-state index in [0.717, 1.165) is 29.8 Å². The molecule has 0 aliphatic heterocycles. The first-order valence-corrected chi connectivity index (χ1v) is 5.96. The molecule has 0 bridgehead atoms. The zero-order chi connectivity index (χ0) is 12.4.